The number of hydrogen-bond donors (Lipinski definition) is 1. The minimum atomic E-state index is -3.58. The summed E-state index contributed by atoms with van der Waals surface area (Å²) in [6, 6.07) is 4.35. The lowest BCUT2D eigenvalue weighted by molar-refractivity contribution is 0.335. The molecule has 0 radical (unpaired) electrons. The van der Waals surface area contributed by atoms with E-state index in [0.717, 1.165) is 5.82 Å². The monoisotopic (exact) mass is 312 g/mol. The molecule has 1 aliphatic rings. The second-order valence-electron chi connectivity index (χ2n) is 4.56. The molecule has 106 valence electrons. The standard InChI is InChI=1S/C12H13ClN4O2S/c13-10-7-9(1-2-11(10)14)20(18,19)17-6-5-16-4-3-15-12(16)8-17/h1-4,7H,5-6,8,14H2. The molecule has 0 spiro atoms. The third-order valence-electron chi connectivity index (χ3n) is 3.32. The normalized spacial score (nSPS) is 16.1. The summed E-state index contributed by atoms with van der Waals surface area (Å²) in [5.41, 5.74) is 5.97. The maximum absolute atomic E-state index is 12.6. The minimum absolute atomic E-state index is 0.150. The van der Waals surface area contributed by atoms with Crippen molar-refractivity contribution in [2.75, 3.05) is 12.3 Å². The van der Waals surface area contributed by atoms with Gasteiger partial charge in [-0.2, -0.15) is 4.31 Å². The number of imidazole rings is 1. The fourth-order valence-electron chi connectivity index (χ4n) is 2.17. The van der Waals surface area contributed by atoms with Gasteiger partial charge in [0.2, 0.25) is 10.0 Å². The molecule has 2 heterocycles. The number of nitrogens with zero attached hydrogens (tertiary/aromatic N) is 3. The number of benzene rings is 1. The van der Waals surface area contributed by atoms with Gasteiger partial charge in [-0.1, -0.05) is 11.6 Å². The summed E-state index contributed by atoms with van der Waals surface area (Å²) >= 11 is 5.90. The van der Waals surface area contributed by atoms with Gasteiger partial charge in [-0.25, -0.2) is 13.4 Å². The van der Waals surface area contributed by atoms with Gasteiger partial charge in [0.05, 0.1) is 22.2 Å². The number of rotatable bonds is 2. The predicted molar refractivity (Wildman–Crippen MR) is 75.7 cm³/mol. The Balaban J connectivity index is 1.95. The first-order chi connectivity index (χ1) is 9.48. The molecular formula is C12H13ClN4O2S. The van der Waals surface area contributed by atoms with E-state index in [1.165, 1.54) is 22.5 Å². The fraction of sp³-hybridized carbons (Fsp3) is 0.250. The van der Waals surface area contributed by atoms with Crippen LogP contribution in [0.5, 0.6) is 0 Å². The third-order valence-corrected chi connectivity index (χ3v) is 5.49. The molecule has 0 atom stereocenters. The van der Waals surface area contributed by atoms with Gasteiger partial charge in [-0.15, -0.1) is 0 Å². The first kappa shape index (κ1) is 13.4. The van der Waals surface area contributed by atoms with E-state index >= 15 is 0 Å². The van der Waals surface area contributed by atoms with Crippen molar-refractivity contribution < 1.29 is 8.42 Å². The maximum Gasteiger partial charge on any atom is 0.243 e. The van der Waals surface area contributed by atoms with Crippen LogP contribution in [0.3, 0.4) is 0 Å². The van der Waals surface area contributed by atoms with E-state index in [2.05, 4.69) is 4.98 Å². The van der Waals surface area contributed by atoms with E-state index in [1.807, 2.05) is 10.8 Å². The van der Waals surface area contributed by atoms with E-state index in [4.69, 9.17) is 17.3 Å². The molecule has 0 saturated heterocycles. The van der Waals surface area contributed by atoms with E-state index in [9.17, 15) is 8.42 Å². The number of aromatic nitrogens is 2. The highest BCUT2D eigenvalue weighted by Gasteiger charge is 2.29. The van der Waals surface area contributed by atoms with Crippen LogP contribution >= 0.6 is 11.6 Å². The molecule has 0 bridgehead atoms. The van der Waals surface area contributed by atoms with Crippen molar-refractivity contribution in [1.82, 2.24) is 13.9 Å². The van der Waals surface area contributed by atoms with Crippen LogP contribution in [-0.4, -0.2) is 28.8 Å². The predicted octanol–water partition coefficient (Wildman–Crippen LogP) is 1.32. The zero-order valence-corrected chi connectivity index (χ0v) is 12.1. The van der Waals surface area contributed by atoms with Crippen LogP contribution in [0.2, 0.25) is 5.02 Å². The summed E-state index contributed by atoms with van der Waals surface area (Å²) in [4.78, 5) is 4.31. The molecule has 0 saturated carbocycles. The minimum Gasteiger partial charge on any atom is -0.398 e. The summed E-state index contributed by atoms with van der Waals surface area (Å²) in [7, 11) is -3.58. The summed E-state index contributed by atoms with van der Waals surface area (Å²) in [6.45, 7) is 1.27. The van der Waals surface area contributed by atoms with Crippen LogP contribution < -0.4 is 5.73 Å². The van der Waals surface area contributed by atoms with E-state index in [-0.39, 0.29) is 16.5 Å². The van der Waals surface area contributed by atoms with Crippen LogP contribution in [-0.2, 0) is 23.1 Å². The highest BCUT2D eigenvalue weighted by molar-refractivity contribution is 7.89. The van der Waals surface area contributed by atoms with E-state index in [0.29, 0.717) is 18.8 Å². The zero-order valence-electron chi connectivity index (χ0n) is 10.5. The number of sulfonamides is 1. The van der Waals surface area contributed by atoms with E-state index in [1.54, 1.807) is 6.20 Å². The van der Waals surface area contributed by atoms with Gasteiger partial charge < -0.3 is 10.3 Å². The summed E-state index contributed by atoms with van der Waals surface area (Å²) < 4.78 is 28.5. The Labute approximate surface area is 121 Å². The molecule has 1 aromatic carbocycles. The molecule has 0 unspecified atom stereocenters. The topological polar surface area (TPSA) is 81.2 Å². The van der Waals surface area contributed by atoms with E-state index < -0.39 is 10.0 Å². The van der Waals surface area contributed by atoms with Gasteiger partial charge in [0.25, 0.3) is 0 Å². The second-order valence-corrected chi connectivity index (χ2v) is 6.90. The molecule has 6 nitrogen and oxygen atoms in total. The summed E-state index contributed by atoms with van der Waals surface area (Å²) in [6.07, 6.45) is 3.52. The highest BCUT2D eigenvalue weighted by atomic mass is 35.5. The lowest BCUT2D eigenvalue weighted by atomic mass is 10.3. The smallest absolute Gasteiger partial charge is 0.243 e. The van der Waals surface area contributed by atoms with Crippen LogP contribution in [0.15, 0.2) is 35.5 Å². The molecule has 2 aromatic rings. The van der Waals surface area contributed by atoms with Gasteiger partial charge in [-0.05, 0) is 18.2 Å². The number of fused-ring (bicyclic) bond motifs is 1. The Morgan fingerprint density at radius 2 is 2.10 bits per heavy atom. The van der Waals surface area contributed by atoms with Crippen molar-refractivity contribution in [2.24, 2.45) is 0 Å². The van der Waals surface area contributed by atoms with Crippen molar-refractivity contribution in [3.63, 3.8) is 0 Å². The average Bonchev–Trinajstić information content (AvgIpc) is 2.89. The van der Waals surface area contributed by atoms with Gasteiger partial charge in [-0.3, -0.25) is 0 Å². The molecule has 0 aliphatic carbocycles. The molecule has 3 rings (SSSR count). The first-order valence-electron chi connectivity index (χ1n) is 6.03. The quantitative estimate of drug-likeness (QED) is 0.848. The Morgan fingerprint density at radius 1 is 1.30 bits per heavy atom. The number of anilines is 1. The van der Waals surface area contributed by atoms with Gasteiger partial charge in [0, 0.05) is 25.5 Å². The lowest BCUT2D eigenvalue weighted by Gasteiger charge is -2.27. The Kier molecular flexibility index (Phi) is 3.19. The first-order valence-corrected chi connectivity index (χ1v) is 7.85. The Morgan fingerprint density at radius 3 is 2.85 bits per heavy atom. The number of nitrogens with two attached hydrogens (primary N) is 1. The van der Waals surface area contributed by atoms with Crippen LogP contribution in [0, 0.1) is 0 Å². The van der Waals surface area contributed by atoms with Gasteiger partial charge in [0.15, 0.2) is 0 Å². The highest BCUT2D eigenvalue weighted by Crippen LogP contribution is 2.26. The van der Waals surface area contributed by atoms with Crippen LogP contribution in [0.4, 0.5) is 5.69 Å². The van der Waals surface area contributed by atoms with Crippen LogP contribution in [0.25, 0.3) is 0 Å². The molecule has 0 fully saturated rings. The zero-order chi connectivity index (χ0) is 14.3. The lowest BCUT2D eigenvalue weighted by Crippen LogP contribution is -2.38. The number of halogens is 1. The Hall–Kier alpha value is -1.57. The molecule has 2 N–H and O–H groups in total. The summed E-state index contributed by atoms with van der Waals surface area (Å²) in [5.74, 6) is 0.737. The average molecular weight is 313 g/mol. The van der Waals surface area contributed by atoms with Gasteiger partial charge in [0.1, 0.15) is 5.82 Å². The molecule has 1 aliphatic heterocycles. The van der Waals surface area contributed by atoms with Crippen molar-refractivity contribution >= 4 is 27.3 Å². The molecule has 1 aromatic heterocycles. The van der Waals surface area contributed by atoms with Crippen molar-refractivity contribution in [2.45, 2.75) is 18.0 Å². The molecule has 0 amide bonds. The molecule has 20 heavy (non-hydrogen) atoms. The summed E-state index contributed by atoms with van der Waals surface area (Å²) in [5, 5.41) is 0.240. The van der Waals surface area contributed by atoms with Crippen LogP contribution in [0.1, 0.15) is 5.82 Å². The maximum atomic E-state index is 12.6. The number of nitrogen functional groups attached to an aromatic ring is 1. The van der Waals surface area contributed by atoms with Gasteiger partial charge >= 0.3 is 0 Å². The largest absolute Gasteiger partial charge is 0.398 e. The second kappa shape index (κ2) is 4.76. The third kappa shape index (κ3) is 2.17. The molecule has 8 heteroatoms. The van der Waals surface area contributed by atoms with Crippen molar-refractivity contribution in [3.05, 3.63) is 41.4 Å². The Bertz CT molecular complexity index is 757. The van der Waals surface area contributed by atoms with Crippen molar-refractivity contribution in [3.8, 4) is 0 Å². The molecular weight excluding hydrogens is 300 g/mol. The SMILES string of the molecule is Nc1ccc(S(=O)(=O)N2CCn3ccnc3C2)cc1Cl. The van der Waals surface area contributed by atoms with Crippen molar-refractivity contribution in [1.29, 1.82) is 0 Å². The fourth-order valence-corrected chi connectivity index (χ4v) is 3.83. The number of hydrogen-bond acceptors (Lipinski definition) is 4.